The van der Waals surface area contributed by atoms with E-state index in [9.17, 15) is 9.18 Å². The second-order valence-electron chi connectivity index (χ2n) is 1.94. The van der Waals surface area contributed by atoms with Crippen LogP contribution in [0.5, 0.6) is 0 Å². The van der Waals surface area contributed by atoms with Crippen LogP contribution in [0.1, 0.15) is 10.5 Å². The Labute approximate surface area is 88.1 Å². The van der Waals surface area contributed by atoms with Gasteiger partial charge in [0.2, 0.25) is 0 Å². The average Bonchev–Trinajstić information content (AvgIpc) is 2.05. The summed E-state index contributed by atoms with van der Waals surface area (Å²) in [4.78, 5) is 13.5. The van der Waals surface area contributed by atoms with Crippen molar-refractivity contribution in [1.29, 1.82) is 0 Å². The summed E-state index contributed by atoms with van der Waals surface area (Å²) in [5.74, 6) is -0.403. The number of nitrogens with zero attached hydrogens (tertiary/aromatic N) is 1. The molecule has 1 aromatic heterocycles. The van der Waals surface area contributed by atoms with E-state index in [0.29, 0.717) is 12.0 Å². The van der Waals surface area contributed by atoms with Gasteiger partial charge in [-0.15, -0.1) is 17.0 Å². The minimum absolute atomic E-state index is 0. The lowest BCUT2D eigenvalue weighted by Gasteiger charge is -1.98. The van der Waals surface area contributed by atoms with Crippen LogP contribution in [0, 0.1) is 5.82 Å². The monoisotopic (exact) mass is 297 g/mol. The number of hydrogen-bond donors (Lipinski definition) is 0. The van der Waals surface area contributed by atoms with E-state index >= 15 is 0 Å². The van der Waals surface area contributed by atoms with Gasteiger partial charge in [-0.1, -0.05) is 15.9 Å². The van der Waals surface area contributed by atoms with Crippen molar-refractivity contribution in [3.05, 3.63) is 29.8 Å². The molecular weight excluding hydrogens is 293 g/mol. The first-order valence-corrected chi connectivity index (χ1v) is 3.86. The lowest BCUT2D eigenvalue weighted by molar-refractivity contribution is -0.107. The largest absolute Gasteiger partial charge is 0.302 e. The van der Waals surface area contributed by atoms with E-state index < -0.39 is 10.6 Å². The third kappa shape index (κ3) is 2.98. The highest BCUT2D eigenvalue weighted by molar-refractivity contribution is 9.09. The molecule has 0 bridgehead atoms. The van der Waals surface area contributed by atoms with Gasteiger partial charge in [-0.2, -0.15) is 0 Å². The van der Waals surface area contributed by atoms with Crippen molar-refractivity contribution in [1.82, 2.24) is 4.98 Å². The standard InChI is InChI=1S/C7H5BrFNO.BrH/c8-6(4-11)7-2-1-5(9)3-10-7;/h1-4,6H;1H. The smallest absolute Gasteiger partial charge is 0.141 e. The fourth-order valence-corrected chi connectivity index (χ4v) is 0.891. The number of aromatic nitrogens is 1. The van der Waals surface area contributed by atoms with Crippen LogP contribution in [-0.2, 0) is 4.79 Å². The van der Waals surface area contributed by atoms with Crippen molar-refractivity contribution >= 4 is 39.2 Å². The minimum atomic E-state index is -0.442. The lowest BCUT2D eigenvalue weighted by atomic mass is 10.3. The molecule has 1 unspecified atom stereocenters. The number of carbonyl (C=O) groups excluding carboxylic acids is 1. The summed E-state index contributed by atoms with van der Waals surface area (Å²) in [6.45, 7) is 0. The van der Waals surface area contributed by atoms with Gasteiger partial charge in [0.05, 0.1) is 11.9 Å². The number of aldehydes is 1. The highest BCUT2D eigenvalue weighted by atomic mass is 79.9. The Kier molecular flexibility index (Phi) is 5.24. The molecule has 1 heterocycles. The molecular formula is C7H6Br2FNO. The number of pyridine rings is 1. The normalized spacial score (nSPS) is 11.5. The Hall–Kier alpha value is -0.290. The highest BCUT2D eigenvalue weighted by Gasteiger charge is 2.05. The fraction of sp³-hybridized carbons (Fsp3) is 0.143. The number of rotatable bonds is 2. The third-order valence-corrected chi connectivity index (χ3v) is 1.84. The molecule has 0 aliphatic rings. The quantitative estimate of drug-likeness (QED) is 0.620. The molecule has 0 aromatic carbocycles. The Morgan fingerprint density at radius 1 is 1.58 bits per heavy atom. The average molecular weight is 299 g/mol. The first-order chi connectivity index (χ1) is 5.24. The van der Waals surface area contributed by atoms with Crippen LogP contribution in [0.2, 0.25) is 0 Å². The number of halogens is 3. The second-order valence-corrected chi connectivity index (χ2v) is 2.93. The summed E-state index contributed by atoms with van der Waals surface area (Å²) in [5.41, 5.74) is 0.515. The van der Waals surface area contributed by atoms with Crippen molar-refractivity contribution in [2.45, 2.75) is 4.83 Å². The first kappa shape index (κ1) is 11.7. The van der Waals surface area contributed by atoms with Gasteiger partial charge in [-0.05, 0) is 12.1 Å². The Morgan fingerprint density at radius 3 is 2.67 bits per heavy atom. The van der Waals surface area contributed by atoms with E-state index in [0.717, 1.165) is 6.20 Å². The zero-order valence-electron chi connectivity index (χ0n) is 5.91. The number of alkyl halides is 1. The summed E-state index contributed by atoms with van der Waals surface area (Å²) in [6.07, 6.45) is 1.77. The molecule has 5 heteroatoms. The number of hydrogen-bond acceptors (Lipinski definition) is 2. The van der Waals surface area contributed by atoms with E-state index in [1.54, 1.807) is 0 Å². The summed E-state index contributed by atoms with van der Waals surface area (Å²) in [6, 6.07) is 2.73. The van der Waals surface area contributed by atoms with E-state index in [1.807, 2.05) is 0 Å². The van der Waals surface area contributed by atoms with Crippen LogP contribution in [-0.4, -0.2) is 11.3 Å². The predicted octanol–water partition coefficient (Wildman–Crippen LogP) is 2.43. The van der Waals surface area contributed by atoms with Crippen LogP contribution in [0.4, 0.5) is 4.39 Å². The molecule has 12 heavy (non-hydrogen) atoms. The van der Waals surface area contributed by atoms with E-state index in [-0.39, 0.29) is 17.0 Å². The molecule has 0 saturated heterocycles. The Balaban J connectivity index is 0.00000121. The van der Waals surface area contributed by atoms with Gasteiger partial charge in [0.15, 0.2) is 0 Å². The van der Waals surface area contributed by atoms with Gasteiger partial charge in [-0.3, -0.25) is 4.98 Å². The van der Waals surface area contributed by atoms with E-state index in [2.05, 4.69) is 20.9 Å². The topological polar surface area (TPSA) is 30.0 Å². The molecule has 1 aromatic rings. The van der Waals surface area contributed by atoms with E-state index in [1.165, 1.54) is 12.1 Å². The molecule has 0 radical (unpaired) electrons. The van der Waals surface area contributed by atoms with Crippen molar-refractivity contribution < 1.29 is 9.18 Å². The van der Waals surface area contributed by atoms with Crippen LogP contribution in [0.15, 0.2) is 18.3 Å². The van der Waals surface area contributed by atoms with E-state index in [4.69, 9.17) is 0 Å². The molecule has 0 fully saturated rings. The van der Waals surface area contributed by atoms with Gasteiger partial charge >= 0.3 is 0 Å². The minimum Gasteiger partial charge on any atom is -0.302 e. The maximum Gasteiger partial charge on any atom is 0.141 e. The highest BCUT2D eigenvalue weighted by Crippen LogP contribution is 2.16. The summed E-state index contributed by atoms with van der Waals surface area (Å²) < 4.78 is 12.3. The maximum atomic E-state index is 12.3. The second kappa shape index (κ2) is 5.37. The summed E-state index contributed by atoms with van der Waals surface area (Å²) in [5, 5.41) is 0. The van der Waals surface area contributed by atoms with Gasteiger partial charge in [0.1, 0.15) is 16.9 Å². The van der Waals surface area contributed by atoms with Crippen molar-refractivity contribution in [3.63, 3.8) is 0 Å². The van der Waals surface area contributed by atoms with Gasteiger partial charge < -0.3 is 4.79 Å². The molecule has 0 aliphatic carbocycles. The molecule has 0 aliphatic heterocycles. The Bertz CT molecular complexity index is 252. The molecule has 2 nitrogen and oxygen atoms in total. The summed E-state index contributed by atoms with van der Waals surface area (Å²) in [7, 11) is 0. The molecule has 0 amide bonds. The number of carbonyl (C=O) groups is 1. The van der Waals surface area contributed by atoms with Crippen molar-refractivity contribution in [2.24, 2.45) is 0 Å². The third-order valence-electron chi connectivity index (χ3n) is 1.15. The van der Waals surface area contributed by atoms with Gasteiger partial charge in [0, 0.05) is 0 Å². The Morgan fingerprint density at radius 2 is 2.25 bits per heavy atom. The molecule has 0 saturated carbocycles. The molecule has 66 valence electrons. The van der Waals surface area contributed by atoms with Gasteiger partial charge in [-0.25, -0.2) is 4.39 Å². The zero-order chi connectivity index (χ0) is 8.27. The zero-order valence-corrected chi connectivity index (χ0v) is 9.21. The van der Waals surface area contributed by atoms with Gasteiger partial charge in [0.25, 0.3) is 0 Å². The van der Waals surface area contributed by atoms with Crippen LogP contribution in [0.25, 0.3) is 0 Å². The first-order valence-electron chi connectivity index (χ1n) is 2.95. The van der Waals surface area contributed by atoms with Crippen LogP contribution < -0.4 is 0 Å². The maximum absolute atomic E-state index is 12.3. The van der Waals surface area contributed by atoms with Crippen LogP contribution in [0.3, 0.4) is 0 Å². The lowest BCUT2D eigenvalue weighted by Crippen LogP contribution is -1.94. The molecule has 1 rings (SSSR count). The van der Waals surface area contributed by atoms with Crippen molar-refractivity contribution in [3.8, 4) is 0 Å². The fourth-order valence-electron chi connectivity index (χ4n) is 0.620. The molecule has 1 atom stereocenters. The molecule has 0 spiro atoms. The van der Waals surface area contributed by atoms with Crippen LogP contribution >= 0.6 is 32.9 Å². The molecule has 0 N–H and O–H groups in total. The SMILES string of the molecule is Br.O=CC(Br)c1ccc(F)cn1. The predicted molar refractivity (Wildman–Crippen MR) is 52.2 cm³/mol. The van der Waals surface area contributed by atoms with Crippen molar-refractivity contribution in [2.75, 3.05) is 0 Å². The summed E-state index contributed by atoms with van der Waals surface area (Å²) >= 11 is 3.06.